The van der Waals surface area contributed by atoms with Gasteiger partial charge >= 0.3 is 0 Å². The van der Waals surface area contributed by atoms with Crippen LogP contribution in [0.1, 0.15) is 23.6 Å². The molecule has 0 unspecified atom stereocenters. The minimum absolute atomic E-state index is 0.0452. The summed E-state index contributed by atoms with van der Waals surface area (Å²) in [4.78, 5) is 12.6. The number of carbonyl (C=O) groups excluding carboxylic acids is 1. The molecule has 174 valence electrons. The molecular formula is C27H25BrN2O4. The van der Waals surface area contributed by atoms with Crippen molar-refractivity contribution in [1.29, 1.82) is 5.26 Å². The van der Waals surface area contributed by atoms with Crippen LogP contribution in [-0.2, 0) is 11.4 Å². The normalized spacial score (nSPS) is 10.9. The van der Waals surface area contributed by atoms with Crippen molar-refractivity contribution in [2.75, 3.05) is 19.0 Å². The van der Waals surface area contributed by atoms with E-state index in [0.717, 1.165) is 5.56 Å². The first-order valence-corrected chi connectivity index (χ1v) is 11.4. The Labute approximate surface area is 207 Å². The summed E-state index contributed by atoms with van der Waals surface area (Å²) in [5.74, 6) is 1.22. The standard InChI is InChI=1S/C27H25BrN2O4/c1-4-33-23-11-9-22(10-12-23)30-27(31)21(16-29)13-20-14-24(28)26(25(15-20)32-3)34-17-19-7-5-18(2)6-8-19/h5-15H,4,17H2,1-3H3,(H,30,31)/b21-13-. The number of ether oxygens (including phenoxy) is 3. The zero-order chi connectivity index (χ0) is 24.5. The topological polar surface area (TPSA) is 80.6 Å². The zero-order valence-corrected chi connectivity index (χ0v) is 20.8. The first kappa shape index (κ1) is 24.9. The molecule has 0 aliphatic heterocycles. The minimum atomic E-state index is -0.513. The summed E-state index contributed by atoms with van der Waals surface area (Å²) < 4.78 is 17.5. The van der Waals surface area contributed by atoms with Crippen molar-refractivity contribution in [3.05, 3.63) is 87.4 Å². The Bertz CT molecular complexity index is 1210. The Balaban J connectivity index is 1.77. The van der Waals surface area contributed by atoms with Crippen molar-refractivity contribution >= 4 is 33.6 Å². The van der Waals surface area contributed by atoms with Gasteiger partial charge in [0.1, 0.15) is 24.0 Å². The lowest BCUT2D eigenvalue weighted by Crippen LogP contribution is -2.13. The molecule has 0 bridgehead atoms. The summed E-state index contributed by atoms with van der Waals surface area (Å²) in [6.45, 7) is 4.86. The molecule has 7 heteroatoms. The van der Waals surface area contributed by atoms with Crippen LogP contribution in [0, 0.1) is 18.3 Å². The maximum atomic E-state index is 12.6. The average molecular weight is 521 g/mol. The number of nitrogens with zero attached hydrogens (tertiary/aromatic N) is 1. The van der Waals surface area contributed by atoms with Crippen LogP contribution >= 0.6 is 15.9 Å². The average Bonchev–Trinajstić information content (AvgIpc) is 2.84. The number of nitrogens with one attached hydrogen (secondary N) is 1. The van der Waals surface area contributed by atoms with Crippen molar-refractivity contribution < 1.29 is 19.0 Å². The fraction of sp³-hybridized carbons (Fsp3) is 0.185. The molecular weight excluding hydrogens is 496 g/mol. The molecule has 0 heterocycles. The van der Waals surface area contributed by atoms with Gasteiger partial charge in [-0.3, -0.25) is 4.79 Å². The van der Waals surface area contributed by atoms with Gasteiger partial charge in [-0.15, -0.1) is 0 Å². The van der Waals surface area contributed by atoms with Crippen molar-refractivity contribution in [2.24, 2.45) is 0 Å². The molecule has 0 aliphatic rings. The summed E-state index contributed by atoms with van der Waals surface area (Å²) >= 11 is 3.52. The third-order valence-corrected chi connectivity index (χ3v) is 5.44. The van der Waals surface area contributed by atoms with E-state index in [0.29, 0.717) is 46.2 Å². The van der Waals surface area contributed by atoms with E-state index in [1.54, 1.807) is 36.4 Å². The largest absolute Gasteiger partial charge is 0.494 e. The predicted octanol–water partition coefficient (Wildman–Crippen LogP) is 6.29. The molecule has 34 heavy (non-hydrogen) atoms. The number of benzene rings is 3. The molecule has 6 nitrogen and oxygen atoms in total. The fourth-order valence-corrected chi connectivity index (χ4v) is 3.69. The second-order valence-electron chi connectivity index (χ2n) is 7.39. The van der Waals surface area contributed by atoms with Gasteiger partial charge in [0.2, 0.25) is 0 Å². The lowest BCUT2D eigenvalue weighted by Gasteiger charge is -2.14. The number of rotatable bonds is 9. The number of halogens is 1. The molecule has 0 aliphatic carbocycles. The van der Waals surface area contributed by atoms with Gasteiger partial charge in [0.25, 0.3) is 5.91 Å². The Morgan fingerprint density at radius 1 is 1.09 bits per heavy atom. The SMILES string of the molecule is CCOc1ccc(NC(=O)/C(C#N)=C\c2cc(Br)c(OCc3ccc(C)cc3)c(OC)c2)cc1. The molecule has 3 aromatic rings. The van der Waals surface area contributed by atoms with Crippen molar-refractivity contribution in [3.8, 4) is 23.3 Å². The number of hydrogen-bond acceptors (Lipinski definition) is 5. The number of hydrogen-bond donors (Lipinski definition) is 1. The third-order valence-electron chi connectivity index (χ3n) is 4.85. The van der Waals surface area contributed by atoms with Gasteiger partial charge in [-0.05, 0) is 83.4 Å². The van der Waals surface area contributed by atoms with E-state index in [4.69, 9.17) is 14.2 Å². The maximum absolute atomic E-state index is 12.6. The van der Waals surface area contributed by atoms with E-state index < -0.39 is 5.91 Å². The van der Waals surface area contributed by atoms with Crippen LogP contribution in [-0.4, -0.2) is 19.6 Å². The number of aryl methyl sites for hydroxylation is 1. The van der Waals surface area contributed by atoms with Crippen LogP contribution in [0.15, 0.2) is 70.7 Å². The van der Waals surface area contributed by atoms with E-state index in [1.165, 1.54) is 18.7 Å². The van der Waals surface area contributed by atoms with Crippen LogP contribution in [0.25, 0.3) is 6.08 Å². The zero-order valence-electron chi connectivity index (χ0n) is 19.2. The number of nitriles is 1. The van der Waals surface area contributed by atoms with E-state index >= 15 is 0 Å². The molecule has 1 N–H and O–H groups in total. The quantitative estimate of drug-likeness (QED) is 0.265. The summed E-state index contributed by atoms with van der Waals surface area (Å²) in [6.07, 6.45) is 1.50. The third kappa shape index (κ3) is 6.63. The summed E-state index contributed by atoms with van der Waals surface area (Å²) in [7, 11) is 1.54. The Morgan fingerprint density at radius 2 is 1.79 bits per heavy atom. The molecule has 3 rings (SSSR count). The van der Waals surface area contributed by atoms with E-state index in [-0.39, 0.29) is 5.57 Å². The molecule has 0 saturated heterocycles. The maximum Gasteiger partial charge on any atom is 0.266 e. The number of anilines is 1. The minimum Gasteiger partial charge on any atom is -0.494 e. The van der Waals surface area contributed by atoms with E-state index in [2.05, 4.69) is 21.2 Å². The number of amides is 1. The summed E-state index contributed by atoms with van der Waals surface area (Å²) in [6, 6.07) is 20.5. The van der Waals surface area contributed by atoms with Gasteiger partial charge in [0.15, 0.2) is 11.5 Å². The lowest BCUT2D eigenvalue weighted by molar-refractivity contribution is -0.112. The first-order chi connectivity index (χ1) is 16.4. The smallest absolute Gasteiger partial charge is 0.266 e. The predicted molar refractivity (Wildman–Crippen MR) is 136 cm³/mol. The molecule has 0 aromatic heterocycles. The fourth-order valence-electron chi connectivity index (χ4n) is 3.12. The molecule has 0 fully saturated rings. The van der Waals surface area contributed by atoms with Gasteiger partial charge in [0.05, 0.1) is 18.2 Å². The molecule has 0 atom stereocenters. The van der Waals surface area contributed by atoms with Gasteiger partial charge in [0, 0.05) is 5.69 Å². The Kier molecular flexibility index (Phi) is 8.72. The summed E-state index contributed by atoms with van der Waals surface area (Å²) in [5.41, 5.74) is 3.34. The highest BCUT2D eigenvalue weighted by Crippen LogP contribution is 2.38. The van der Waals surface area contributed by atoms with E-state index in [1.807, 2.05) is 44.2 Å². The van der Waals surface area contributed by atoms with Crippen molar-refractivity contribution in [2.45, 2.75) is 20.5 Å². The number of methoxy groups -OCH3 is 1. The van der Waals surface area contributed by atoms with Crippen LogP contribution in [0.3, 0.4) is 0 Å². The first-order valence-electron chi connectivity index (χ1n) is 10.7. The number of carbonyl (C=O) groups is 1. The second-order valence-corrected chi connectivity index (χ2v) is 8.24. The van der Waals surface area contributed by atoms with Crippen LogP contribution < -0.4 is 19.5 Å². The van der Waals surface area contributed by atoms with Crippen molar-refractivity contribution in [1.82, 2.24) is 0 Å². The second kappa shape index (κ2) is 11.9. The summed E-state index contributed by atoms with van der Waals surface area (Å²) in [5, 5.41) is 12.3. The molecule has 0 saturated carbocycles. The van der Waals surface area contributed by atoms with Crippen LogP contribution in [0.5, 0.6) is 17.2 Å². The van der Waals surface area contributed by atoms with Gasteiger partial charge in [-0.25, -0.2) is 0 Å². The van der Waals surface area contributed by atoms with Crippen LogP contribution in [0.2, 0.25) is 0 Å². The van der Waals surface area contributed by atoms with Gasteiger partial charge < -0.3 is 19.5 Å². The van der Waals surface area contributed by atoms with Crippen molar-refractivity contribution in [3.63, 3.8) is 0 Å². The molecule has 3 aromatic carbocycles. The molecule has 0 radical (unpaired) electrons. The Morgan fingerprint density at radius 3 is 2.41 bits per heavy atom. The Hall–Kier alpha value is -3.76. The monoisotopic (exact) mass is 520 g/mol. The van der Waals surface area contributed by atoms with Gasteiger partial charge in [-0.2, -0.15) is 5.26 Å². The van der Waals surface area contributed by atoms with Crippen LogP contribution in [0.4, 0.5) is 5.69 Å². The van der Waals surface area contributed by atoms with Gasteiger partial charge in [-0.1, -0.05) is 29.8 Å². The highest BCUT2D eigenvalue weighted by atomic mass is 79.9. The highest BCUT2D eigenvalue weighted by molar-refractivity contribution is 9.10. The molecule has 1 amide bonds. The highest BCUT2D eigenvalue weighted by Gasteiger charge is 2.14. The molecule has 0 spiro atoms. The lowest BCUT2D eigenvalue weighted by atomic mass is 10.1. The van der Waals surface area contributed by atoms with E-state index in [9.17, 15) is 10.1 Å².